The molecule has 2 aliphatic rings. The summed E-state index contributed by atoms with van der Waals surface area (Å²) in [4.78, 5) is 14.8. The van der Waals surface area contributed by atoms with Gasteiger partial charge in [-0.2, -0.15) is 0 Å². The first-order valence-corrected chi connectivity index (χ1v) is 8.62. The lowest BCUT2D eigenvalue weighted by atomic mass is 9.86. The predicted octanol–water partition coefficient (Wildman–Crippen LogP) is 3.37. The third-order valence-electron chi connectivity index (χ3n) is 5.74. The maximum atomic E-state index is 12.8. The molecule has 2 fully saturated rings. The van der Waals surface area contributed by atoms with Gasteiger partial charge in [0.1, 0.15) is 0 Å². The maximum absolute atomic E-state index is 12.8. The van der Waals surface area contributed by atoms with Gasteiger partial charge in [0.25, 0.3) is 0 Å². The first kappa shape index (κ1) is 18.3. The topological polar surface area (TPSA) is 32.3 Å². The minimum atomic E-state index is 0. The number of carbonyl (C=O) groups is 1. The molecule has 128 valence electrons. The highest BCUT2D eigenvalue weighted by molar-refractivity contribution is 5.85. The van der Waals surface area contributed by atoms with E-state index in [1.54, 1.807) is 0 Å². The molecule has 1 amide bonds. The number of benzene rings is 1. The Hall–Kier alpha value is -1.06. The van der Waals surface area contributed by atoms with Gasteiger partial charge in [0.15, 0.2) is 0 Å². The van der Waals surface area contributed by atoms with Crippen LogP contribution in [0.3, 0.4) is 0 Å². The Balaban J connectivity index is 0.00000192. The van der Waals surface area contributed by atoms with Crippen LogP contribution in [-0.2, 0) is 4.79 Å². The van der Waals surface area contributed by atoms with Crippen LogP contribution in [-0.4, -0.2) is 37.0 Å². The van der Waals surface area contributed by atoms with Crippen molar-refractivity contribution in [2.45, 2.75) is 45.1 Å². The number of rotatable bonds is 4. The van der Waals surface area contributed by atoms with Crippen molar-refractivity contribution in [3.63, 3.8) is 0 Å². The van der Waals surface area contributed by atoms with Crippen molar-refractivity contribution in [1.82, 2.24) is 10.2 Å². The summed E-state index contributed by atoms with van der Waals surface area (Å²) in [6.07, 6.45) is 3.56. The van der Waals surface area contributed by atoms with Crippen molar-refractivity contribution in [3.8, 4) is 0 Å². The van der Waals surface area contributed by atoms with E-state index in [1.807, 2.05) is 7.05 Å². The second-order valence-electron chi connectivity index (χ2n) is 7.17. The summed E-state index contributed by atoms with van der Waals surface area (Å²) in [5.41, 5.74) is 2.69. The third-order valence-corrected chi connectivity index (χ3v) is 5.74. The number of likely N-dealkylation sites (N-methyl/N-ethyl adjacent to an activating group) is 1. The predicted molar refractivity (Wildman–Crippen MR) is 97.1 cm³/mol. The van der Waals surface area contributed by atoms with Gasteiger partial charge in [0.05, 0.1) is 0 Å². The van der Waals surface area contributed by atoms with Crippen LogP contribution in [0.25, 0.3) is 0 Å². The molecule has 1 saturated heterocycles. The number of amides is 1. The highest BCUT2D eigenvalue weighted by atomic mass is 35.5. The molecule has 23 heavy (non-hydrogen) atoms. The van der Waals surface area contributed by atoms with E-state index in [4.69, 9.17) is 0 Å². The number of hydrogen-bond donors (Lipinski definition) is 1. The fourth-order valence-corrected chi connectivity index (χ4v) is 3.96. The van der Waals surface area contributed by atoms with E-state index in [1.165, 1.54) is 24.0 Å². The fourth-order valence-electron chi connectivity index (χ4n) is 3.96. The Morgan fingerprint density at radius 1 is 1.22 bits per heavy atom. The fraction of sp³-hybridized carbons (Fsp3) is 0.632. The van der Waals surface area contributed by atoms with E-state index >= 15 is 0 Å². The molecule has 1 N–H and O–H groups in total. The molecular weight excluding hydrogens is 308 g/mol. The van der Waals surface area contributed by atoms with E-state index in [-0.39, 0.29) is 18.3 Å². The second-order valence-corrected chi connectivity index (χ2v) is 7.17. The average molecular weight is 337 g/mol. The van der Waals surface area contributed by atoms with E-state index < -0.39 is 0 Å². The number of aryl methyl sites for hydroxylation is 1. The number of nitrogens with zero attached hydrogens (tertiary/aromatic N) is 1. The van der Waals surface area contributed by atoms with Gasteiger partial charge in [-0.3, -0.25) is 4.79 Å². The summed E-state index contributed by atoms with van der Waals surface area (Å²) in [6, 6.07) is 9.24. The summed E-state index contributed by atoms with van der Waals surface area (Å²) in [7, 11) is 2.02. The number of halogens is 1. The number of hydrogen-bond acceptors (Lipinski definition) is 2. The highest BCUT2D eigenvalue weighted by Crippen LogP contribution is 2.38. The summed E-state index contributed by atoms with van der Waals surface area (Å²) in [5, 5.41) is 3.27. The van der Waals surface area contributed by atoms with Gasteiger partial charge in [0.2, 0.25) is 5.91 Å². The Morgan fingerprint density at radius 2 is 1.87 bits per heavy atom. The van der Waals surface area contributed by atoms with Gasteiger partial charge in [-0.15, -0.1) is 12.4 Å². The lowest BCUT2D eigenvalue weighted by Crippen LogP contribution is -2.51. The normalized spacial score (nSPS) is 25.3. The van der Waals surface area contributed by atoms with E-state index in [2.05, 4.69) is 48.3 Å². The van der Waals surface area contributed by atoms with E-state index in [0.717, 1.165) is 19.5 Å². The van der Waals surface area contributed by atoms with Gasteiger partial charge in [0, 0.05) is 24.9 Å². The van der Waals surface area contributed by atoms with Crippen LogP contribution in [0, 0.1) is 18.8 Å². The Kier molecular flexibility index (Phi) is 6.10. The summed E-state index contributed by atoms with van der Waals surface area (Å²) in [6.45, 7) is 6.21. The standard InChI is InChI=1S/C19H28N2O.ClH/c1-13-7-9-15(10-8-13)17-5-4-6-18(17)21(3)19(22)14(2)16-11-20-12-16;/h7-10,14,16-18,20H,4-6,11-12H2,1-3H3;1H. The monoisotopic (exact) mass is 336 g/mol. The van der Waals surface area contributed by atoms with Crippen molar-refractivity contribution >= 4 is 18.3 Å². The molecule has 3 unspecified atom stereocenters. The molecule has 1 aliphatic carbocycles. The van der Waals surface area contributed by atoms with Gasteiger partial charge in [-0.05, 0) is 44.3 Å². The Morgan fingerprint density at radius 3 is 2.43 bits per heavy atom. The molecule has 0 aromatic heterocycles. The van der Waals surface area contributed by atoms with Crippen molar-refractivity contribution in [3.05, 3.63) is 35.4 Å². The largest absolute Gasteiger partial charge is 0.342 e. The van der Waals surface area contributed by atoms with Crippen LogP contribution >= 0.6 is 12.4 Å². The molecular formula is C19H29ClN2O. The lowest BCUT2D eigenvalue weighted by molar-refractivity contribution is -0.138. The first-order valence-electron chi connectivity index (χ1n) is 8.62. The molecule has 1 heterocycles. The number of carbonyl (C=O) groups excluding carboxylic acids is 1. The zero-order chi connectivity index (χ0) is 15.7. The molecule has 1 aromatic rings. The molecule has 1 saturated carbocycles. The van der Waals surface area contributed by atoms with E-state index in [9.17, 15) is 4.79 Å². The zero-order valence-electron chi connectivity index (χ0n) is 14.4. The molecule has 0 radical (unpaired) electrons. The van der Waals surface area contributed by atoms with E-state index in [0.29, 0.717) is 23.8 Å². The minimum Gasteiger partial charge on any atom is -0.342 e. The van der Waals surface area contributed by atoms with Gasteiger partial charge in [-0.1, -0.05) is 43.2 Å². The SMILES string of the molecule is Cc1ccc(C2CCCC2N(C)C(=O)C(C)C2CNC2)cc1.Cl. The number of nitrogens with one attached hydrogen (secondary N) is 1. The summed E-state index contributed by atoms with van der Waals surface area (Å²) in [5.74, 6) is 1.50. The van der Waals surface area contributed by atoms with Gasteiger partial charge in [-0.25, -0.2) is 0 Å². The lowest BCUT2D eigenvalue weighted by Gasteiger charge is -2.37. The highest BCUT2D eigenvalue weighted by Gasteiger charge is 2.37. The summed E-state index contributed by atoms with van der Waals surface area (Å²) < 4.78 is 0. The van der Waals surface area contributed by atoms with Crippen LogP contribution in [0.15, 0.2) is 24.3 Å². The van der Waals surface area contributed by atoms with Crippen LogP contribution < -0.4 is 5.32 Å². The van der Waals surface area contributed by atoms with Crippen LogP contribution in [0.4, 0.5) is 0 Å². The Bertz CT molecular complexity index is 527. The van der Waals surface area contributed by atoms with Crippen molar-refractivity contribution in [1.29, 1.82) is 0 Å². The van der Waals surface area contributed by atoms with Gasteiger partial charge < -0.3 is 10.2 Å². The molecule has 0 spiro atoms. The second kappa shape index (κ2) is 7.67. The van der Waals surface area contributed by atoms with Gasteiger partial charge >= 0.3 is 0 Å². The Labute approximate surface area is 146 Å². The average Bonchev–Trinajstić information content (AvgIpc) is 2.94. The molecule has 3 nitrogen and oxygen atoms in total. The molecule has 4 heteroatoms. The maximum Gasteiger partial charge on any atom is 0.225 e. The van der Waals surface area contributed by atoms with Crippen LogP contribution in [0.1, 0.15) is 43.2 Å². The molecule has 1 aliphatic heterocycles. The van der Waals surface area contributed by atoms with Crippen molar-refractivity contribution in [2.75, 3.05) is 20.1 Å². The zero-order valence-corrected chi connectivity index (χ0v) is 15.2. The molecule has 0 bridgehead atoms. The summed E-state index contributed by atoms with van der Waals surface area (Å²) >= 11 is 0. The first-order chi connectivity index (χ1) is 10.6. The quantitative estimate of drug-likeness (QED) is 0.914. The molecule has 3 rings (SSSR count). The smallest absolute Gasteiger partial charge is 0.225 e. The molecule has 1 aromatic carbocycles. The van der Waals surface area contributed by atoms with Crippen LogP contribution in [0.2, 0.25) is 0 Å². The van der Waals surface area contributed by atoms with Crippen LogP contribution in [0.5, 0.6) is 0 Å². The molecule has 3 atom stereocenters. The van der Waals surface area contributed by atoms with Crippen molar-refractivity contribution < 1.29 is 4.79 Å². The van der Waals surface area contributed by atoms with Crippen molar-refractivity contribution in [2.24, 2.45) is 11.8 Å². The third kappa shape index (κ3) is 3.72. The minimum absolute atomic E-state index is 0.